The lowest BCUT2D eigenvalue weighted by atomic mass is 10.1. The third-order valence-electron chi connectivity index (χ3n) is 5.13. The molecule has 4 rings (SSSR count). The maximum absolute atomic E-state index is 12.9. The van der Waals surface area contributed by atoms with E-state index in [0.717, 1.165) is 36.1 Å². The monoisotopic (exact) mass is 386 g/mol. The van der Waals surface area contributed by atoms with Gasteiger partial charge in [-0.1, -0.05) is 12.1 Å². The van der Waals surface area contributed by atoms with Gasteiger partial charge in [0.25, 0.3) is 0 Å². The first-order valence-electron chi connectivity index (χ1n) is 9.39. The Balaban J connectivity index is 1.58. The molecular formula is C22H21F3N2O. The second-order valence-corrected chi connectivity index (χ2v) is 7.09. The van der Waals surface area contributed by atoms with Gasteiger partial charge in [-0.2, -0.15) is 13.2 Å². The van der Waals surface area contributed by atoms with E-state index in [9.17, 15) is 13.2 Å². The zero-order chi connectivity index (χ0) is 19.7. The number of rotatable bonds is 4. The van der Waals surface area contributed by atoms with Gasteiger partial charge in [0.1, 0.15) is 11.9 Å². The first-order valence-corrected chi connectivity index (χ1v) is 9.39. The molecule has 0 saturated carbocycles. The smallest absolute Gasteiger partial charge is 0.416 e. The number of nitrogens with zero attached hydrogens (tertiary/aromatic N) is 2. The molecule has 6 heteroatoms. The molecule has 3 nitrogen and oxygen atoms in total. The number of alkyl halides is 3. The summed E-state index contributed by atoms with van der Waals surface area (Å²) < 4.78 is 44.8. The van der Waals surface area contributed by atoms with Crippen molar-refractivity contribution in [2.45, 2.75) is 32.0 Å². The van der Waals surface area contributed by atoms with Crippen LogP contribution in [0.1, 0.15) is 37.0 Å². The number of ether oxygens (including phenoxy) is 1. The number of pyridine rings is 1. The topological polar surface area (TPSA) is 25.4 Å². The molecule has 0 aliphatic carbocycles. The number of benzene rings is 2. The zero-order valence-corrected chi connectivity index (χ0v) is 15.5. The van der Waals surface area contributed by atoms with Crippen LogP contribution in [0.2, 0.25) is 0 Å². The molecule has 1 atom stereocenters. The van der Waals surface area contributed by atoms with Crippen molar-refractivity contribution in [1.29, 1.82) is 0 Å². The molecule has 1 unspecified atom stereocenters. The molecule has 1 saturated heterocycles. The molecule has 0 N–H and O–H groups in total. The van der Waals surface area contributed by atoms with Crippen LogP contribution in [0.4, 0.5) is 18.9 Å². The minimum absolute atomic E-state index is 0.480. The Kier molecular flexibility index (Phi) is 4.87. The molecule has 3 aromatic rings. The van der Waals surface area contributed by atoms with Gasteiger partial charge in [0, 0.05) is 36.4 Å². The van der Waals surface area contributed by atoms with Gasteiger partial charge in [0.2, 0.25) is 0 Å². The number of anilines is 1. The summed E-state index contributed by atoms with van der Waals surface area (Å²) in [5.41, 5.74) is 1.79. The summed E-state index contributed by atoms with van der Waals surface area (Å²) in [6.07, 6.45) is -0.703. The van der Waals surface area contributed by atoms with E-state index >= 15 is 0 Å². The molecule has 1 aromatic heterocycles. The Morgan fingerprint density at radius 3 is 2.57 bits per heavy atom. The summed E-state index contributed by atoms with van der Waals surface area (Å²) in [6, 6.07) is 13.0. The molecular weight excluding hydrogens is 365 g/mol. The van der Waals surface area contributed by atoms with Gasteiger partial charge in [0.15, 0.2) is 0 Å². The van der Waals surface area contributed by atoms with Crippen molar-refractivity contribution in [3.63, 3.8) is 0 Å². The van der Waals surface area contributed by atoms with Crippen LogP contribution in [-0.2, 0) is 6.18 Å². The summed E-state index contributed by atoms with van der Waals surface area (Å²) in [5.74, 6) is 0.587. The van der Waals surface area contributed by atoms with Gasteiger partial charge in [-0.3, -0.25) is 4.98 Å². The van der Waals surface area contributed by atoms with E-state index in [1.165, 1.54) is 24.6 Å². The van der Waals surface area contributed by atoms with Gasteiger partial charge in [-0.15, -0.1) is 0 Å². The Labute approximate surface area is 161 Å². The van der Waals surface area contributed by atoms with Crippen molar-refractivity contribution < 1.29 is 17.9 Å². The van der Waals surface area contributed by atoms with Crippen molar-refractivity contribution in [3.05, 3.63) is 65.9 Å². The summed E-state index contributed by atoms with van der Waals surface area (Å²) in [5, 5.41) is 1.06. The van der Waals surface area contributed by atoms with Gasteiger partial charge in [-0.25, -0.2) is 0 Å². The van der Waals surface area contributed by atoms with Gasteiger partial charge >= 0.3 is 6.18 Å². The quantitative estimate of drug-likeness (QED) is 0.550. The molecule has 28 heavy (non-hydrogen) atoms. The van der Waals surface area contributed by atoms with Gasteiger partial charge < -0.3 is 9.64 Å². The highest BCUT2D eigenvalue weighted by Crippen LogP contribution is 2.33. The Hall–Kier alpha value is -2.76. The normalized spacial score (nSPS) is 15.8. The highest BCUT2D eigenvalue weighted by Gasteiger charge is 2.30. The van der Waals surface area contributed by atoms with E-state index in [1.54, 1.807) is 19.2 Å². The standard InChI is InChI=1S/C22H21F3N2O/c1-15(16-5-4-6-17(13-16)22(23,24)25)28-18-7-8-19-20(14-18)26-10-9-21(19)27-11-2-3-12-27/h4-10,13-15H,2-3,11-12H2,1H3. The van der Waals surface area contributed by atoms with Crippen molar-refractivity contribution in [3.8, 4) is 5.75 Å². The van der Waals surface area contributed by atoms with E-state index in [-0.39, 0.29) is 0 Å². The summed E-state index contributed by atoms with van der Waals surface area (Å²) in [7, 11) is 0. The third kappa shape index (κ3) is 3.77. The fourth-order valence-electron chi connectivity index (χ4n) is 3.66. The fourth-order valence-corrected chi connectivity index (χ4v) is 3.66. The maximum Gasteiger partial charge on any atom is 0.416 e. The molecule has 1 fully saturated rings. The van der Waals surface area contributed by atoms with Crippen molar-refractivity contribution in [1.82, 2.24) is 4.98 Å². The second kappa shape index (κ2) is 7.34. The summed E-state index contributed by atoms with van der Waals surface area (Å²) in [6.45, 7) is 3.83. The van der Waals surface area contributed by atoms with Crippen LogP contribution in [0.25, 0.3) is 10.9 Å². The predicted molar refractivity (Wildman–Crippen MR) is 104 cm³/mol. The first-order chi connectivity index (χ1) is 13.4. The van der Waals surface area contributed by atoms with Gasteiger partial charge in [0.05, 0.1) is 11.1 Å². The van der Waals surface area contributed by atoms with Crippen LogP contribution in [-0.4, -0.2) is 18.1 Å². The lowest BCUT2D eigenvalue weighted by molar-refractivity contribution is -0.137. The average molecular weight is 386 g/mol. The molecule has 0 radical (unpaired) electrons. The van der Waals surface area contributed by atoms with Crippen LogP contribution in [0.15, 0.2) is 54.7 Å². The Morgan fingerprint density at radius 1 is 1.04 bits per heavy atom. The Bertz CT molecular complexity index is 981. The zero-order valence-electron chi connectivity index (χ0n) is 15.5. The Morgan fingerprint density at radius 2 is 1.82 bits per heavy atom. The molecule has 2 heterocycles. The summed E-state index contributed by atoms with van der Waals surface area (Å²) in [4.78, 5) is 6.80. The van der Waals surface area contributed by atoms with E-state index in [1.807, 2.05) is 24.3 Å². The molecule has 0 amide bonds. The van der Waals surface area contributed by atoms with Crippen LogP contribution >= 0.6 is 0 Å². The maximum atomic E-state index is 12.9. The largest absolute Gasteiger partial charge is 0.486 e. The molecule has 0 spiro atoms. The lowest BCUT2D eigenvalue weighted by Gasteiger charge is -2.20. The average Bonchev–Trinajstić information content (AvgIpc) is 3.21. The van der Waals surface area contributed by atoms with E-state index in [0.29, 0.717) is 11.3 Å². The SMILES string of the molecule is CC(Oc1ccc2c(N3CCCC3)ccnc2c1)c1cccc(C(F)(F)F)c1. The minimum atomic E-state index is -4.37. The fraction of sp³-hybridized carbons (Fsp3) is 0.318. The first kappa shape index (κ1) is 18.6. The number of hydrogen-bond acceptors (Lipinski definition) is 3. The van der Waals surface area contributed by atoms with Crippen LogP contribution in [0.5, 0.6) is 5.75 Å². The molecule has 0 bridgehead atoms. The van der Waals surface area contributed by atoms with Gasteiger partial charge in [-0.05, 0) is 55.7 Å². The minimum Gasteiger partial charge on any atom is -0.486 e. The molecule has 1 aliphatic heterocycles. The van der Waals surface area contributed by atoms with E-state index < -0.39 is 17.8 Å². The number of fused-ring (bicyclic) bond motifs is 1. The highest BCUT2D eigenvalue weighted by atomic mass is 19.4. The van der Waals surface area contributed by atoms with Crippen molar-refractivity contribution >= 4 is 16.6 Å². The number of hydrogen-bond donors (Lipinski definition) is 0. The third-order valence-corrected chi connectivity index (χ3v) is 5.13. The van der Waals surface area contributed by atoms with Crippen LogP contribution < -0.4 is 9.64 Å². The van der Waals surface area contributed by atoms with E-state index in [2.05, 4.69) is 9.88 Å². The predicted octanol–water partition coefficient (Wildman–Crippen LogP) is 5.99. The van der Waals surface area contributed by atoms with Crippen molar-refractivity contribution in [2.75, 3.05) is 18.0 Å². The summed E-state index contributed by atoms with van der Waals surface area (Å²) >= 11 is 0. The molecule has 146 valence electrons. The number of aromatic nitrogens is 1. The van der Waals surface area contributed by atoms with E-state index in [4.69, 9.17) is 4.74 Å². The van der Waals surface area contributed by atoms with Crippen LogP contribution in [0.3, 0.4) is 0 Å². The highest BCUT2D eigenvalue weighted by molar-refractivity contribution is 5.92. The second-order valence-electron chi connectivity index (χ2n) is 7.09. The molecule has 1 aliphatic rings. The van der Waals surface area contributed by atoms with Crippen LogP contribution in [0, 0.1) is 0 Å². The lowest BCUT2D eigenvalue weighted by Crippen LogP contribution is -2.17. The number of halogens is 3. The molecule has 2 aromatic carbocycles. The van der Waals surface area contributed by atoms with Crippen molar-refractivity contribution in [2.24, 2.45) is 0 Å².